The van der Waals surface area contributed by atoms with E-state index in [1.807, 2.05) is 15.9 Å². The van der Waals surface area contributed by atoms with Crippen molar-refractivity contribution >= 4 is 75.2 Å². The van der Waals surface area contributed by atoms with Crippen molar-refractivity contribution < 1.29 is 51.6 Å². The number of amides is 5. The number of halogens is 3. The fourth-order valence-corrected chi connectivity index (χ4v) is 12.1. The number of hydrogen-bond donors (Lipinski definition) is 4. The molecule has 6 aromatic rings. The summed E-state index contributed by atoms with van der Waals surface area (Å²) < 4.78 is 63.0. The molecule has 0 saturated carbocycles. The second kappa shape index (κ2) is 28.8. The van der Waals surface area contributed by atoms with Crippen molar-refractivity contribution in [2.75, 3.05) is 128 Å². The molecule has 28 heteroatoms. The number of nitrogens with zero attached hydrogens (tertiary/aromatic N) is 11. The Morgan fingerprint density at radius 3 is 2.28 bits per heavy atom. The molecule has 0 atom stereocenters. The number of hydrogen-bond acceptors (Lipinski definition) is 17. The molecule has 0 spiro atoms. The first kappa shape index (κ1) is 62.9. The molecular weight excluding hydrogens is 1160 g/mol. The Hall–Kier alpha value is -8.14. The topological polar surface area (TPSA) is 259 Å². The molecule has 472 valence electrons. The molecule has 0 aliphatic carbocycles. The van der Waals surface area contributed by atoms with Crippen molar-refractivity contribution in [3.63, 3.8) is 0 Å². The quantitative estimate of drug-likeness (QED) is 0.0521. The van der Waals surface area contributed by atoms with Gasteiger partial charge in [0.25, 0.3) is 17.9 Å². The molecule has 2 aromatic carbocycles. The number of carbonyl (C=O) groups excluding carboxylic acids is 4. The third-order valence-electron chi connectivity index (χ3n) is 16.6. The summed E-state index contributed by atoms with van der Waals surface area (Å²) >= 11 is 6.57. The summed E-state index contributed by atoms with van der Waals surface area (Å²) in [6.45, 7) is 5.60. The van der Waals surface area contributed by atoms with Crippen LogP contribution in [0.5, 0.6) is 11.5 Å². The summed E-state index contributed by atoms with van der Waals surface area (Å²) in [7, 11) is 7.95. The molecule has 25 nitrogen and oxygen atoms in total. The number of likely N-dealkylation sites (tertiary alicyclic amines) is 1. The highest BCUT2D eigenvalue weighted by Gasteiger charge is 2.36. The Morgan fingerprint density at radius 1 is 0.830 bits per heavy atom. The molecule has 4 aromatic heterocycles. The van der Waals surface area contributed by atoms with Gasteiger partial charge in [-0.15, -0.1) is 0 Å². The van der Waals surface area contributed by atoms with Gasteiger partial charge in [-0.1, -0.05) is 11.6 Å². The maximum atomic E-state index is 14.8. The van der Waals surface area contributed by atoms with E-state index in [-0.39, 0.29) is 71.7 Å². The lowest BCUT2D eigenvalue weighted by molar-refractivity contribution is -0.134. The molecule has 2 fully saturated rings. The maximum Gasteiger partial charge on any atom is 0.317 e. The Kier molecular flexibility index (Phi) is 20.6. The molecule has 0 bridgehead atoms. The molecule has 4 aliphatic heterocycles. The highest BCUT2D eigenvalue weighted by Crippen LogP contribution is 2.44. The van der Waals surface area contributed by atoms with Crippen LogP contribution >= 0.6 is 11.6 Å². The van der Waals surface area contributed by atoms with Crippen molar-refractivity contribution in [2.24, 2.45) is 20.0 Å². The van der Waals surface area contributed by atoms with E-state index in [0.717, 1.165) is 29.7 Å². The summed E-state index contributed by atoms with van der Waals surface area (Å²) in [6.07, 6.45) is 7.10. The van der Waals surface area contributed by atoms with Gasteiger partial charge >= 0.3 is 6.03 Å². The van der Waals surface area contributed by atoms with E-state index in [1.54, 1.807) is 67.4 Å². The van der Waals surface area contributed by atoms with Gasteiger partial charge in [-0.3, -0.25) is 28.5 Å². The predicted molar refractivity (Wildman–Crippen MR) is 325 cm³/mol. The normalized spacial score (nSPS) is 15.6. The minimum absolute atomic E-state index is 0.00269. The average molecular weight is 1240 g/mol. The predicted octanol–water partition coefficient (Wildman–Crippen LogP) is 5.81. The smallest absolute Gasteiger partial charge is 0.317 e. The second-order valence-electron chi connectivity index (χ2n) is 22.1. The van der Waals surface area contributed by atoms with Gasteiger partial charge in [0, 0.05) is 138 Å². The van der Waals surface area contributed by atoms with Gasteiger partial charge in [0.05, 0.1) is 83.7 Å². The average Bonchev–Trinajstić information content (AvgIpc) is 1.58. The minimum atomic E-state index is -2.71. The molecule has 10 rings (SSSR count). The van der Waals surface area contributed by atoms with Crippen molar-refractivity contribution in [2.45, 2.75) is 70.4 Å². The van der Waals surface area contributed by atoms with Crippen molar-refractivity contribution in [3.8, 4) is 22.6 Å². The number of methoxy groups -OCH3 is 1. The van der Waals surface area contributed by atoms with Crippen molar-refractivity contribution in [1.82, 2.24) is 59.8 Å². The number of aromatic nitrogens is 7. The van der Waals surface area contributed by atoms with E-state index < -0.39 is 12.0 Å². The fraction of sp³-hybridized carbons (Fsp3) is 0.517. The third kappa shape index (κ3) is 14.4. The number of alkyl halides is 2. The minimum Gasteiger partial charge on any atom is -0.494 e. The standard InChI is InChI=1S/C60H76ClF2N15O10/c1-64-51(79)36-88-50-29-39-27-41(30-49(84-5)53(39)73(4)58(50)82)69-55-46(61)33-67-59(70-55)75-16-8-37(9-17-75)57(81)66-14-22-86-24-26-87-25-23-85-21-13-52(80)74-18-10-42(11-19-74)78-47-12-20-76(60(83)65-2)35-45(47)56(71-78)77-15-6-7-38-28-43(40-32-68-72(3)34-40)44(54(62)63)31-48(38)77/h27-34,37,42,54H,6-26,35-36H2,1-5H3,(H,64,79)(H,65,83)(H,66,81)(H,67,69,70). The van der Waals surface area contributed by atoms with Crippen LogP contribution in [0.4, 0.5) is 42.5 Å². The first-order valence-corrected chi connectivity index (χ1v) is 30.2. The lowest BCUT2D eigenvalue weighted by Gasteiger charge is -2.34. The molecule has 0 radical (unpaired) electrons. The van der Waals surface area contributed by atoms with Gasteiger partial charge in [0.1, 0.15) is 10.8 Å². The van der Waals surface area contributed by atoms with Gasteiger partial charge in [0.2, 0.25) is 17.8 Å². The van der Waals surface area contributed by atoms with Gasteiger partial charge in [-0.05, 0) is 73.9 Å². The van der Waals surface area contributed by atoms with Crippen LogP contribution in [0.2, 0.25) is 5.02 Å². The molecule has 0 unspecified atom stereocenters. The number of fused-ring (bicyclic) bond motifs is 3. The third-order valence-corrected chi connectivity index (χ3v) is 16.9. The lowest BCUT2D eigenvalue weighted by atomic mass is 9.92. The fourth-order valence-electron chi connectivity index (χ4n) is 11.9. The van der Waals surface area contributed by atoms with Crippen LogP contribution in [0.25, 0.3) is 22.0 Å². The summed E-state index contributed by atoms with van der Waals surface area (Å²) in [4.78, 5) is 81.1. The van der Waals surface area contributed by atoms with E-state index in [0.29, 0.717) is 174 Å². The Morgan fingerprint density at radius 2 is 1.58 bits per heavy atom. The number of rotatable bonds is 24. The Bertz CT molecular complexity index is 3550. The van der Waals surface area contributed by atoms with Gasteiger partial charge in [0.15, 0.2) is 24.0 Å². The first-order valence-electron chi connectivity index (χ1n) is 29.8. The molecule has 8 heterocycles. The number of benzene rings is 2. The molecule has 5 amide bonds. The van der Waals surface area contributed by atoms with Crippen LogP contribution < -0.4 is 46.1 Å². The van der Waals surface area contributed by atoms with E-state index in [1.165, 1.54) is 24.9 Å². The van der Waals surface area contributed by atoms with Crippen molar-refractivity contribution in [1.29, 1.82) is 0 Å². The van der Waals surface area contributed by atoms with Crippen LogP contribution in [0.15, 0.2) is 53.7 Å². The van der Waals surface area contributed by atoms with E-state index in [9.17, 15) is 32.8 Å². The number of anilines is 5. The zero-order valence-electron chi connectivity index (χ0n) is 50.3. The van der Waals surface area contributed by atoms with Crippen LogP contribution in [-0.2, 0) is 62.1 Å². The highest BCUT2D eigenvalue weighted by atomic mass is 35.5. The number of carbonyl (C=O) groups is 4. The van der Waals surface area contributed by atoms with Crippen LogP contribution in [-0.4, -0.2) is 181 Å². The second-order valence-corrected chi connectivity index (χ2v) is 22.5. The largest absolute Gasteiger partial charge is 0.494 e. The number of nitrogens with one attached hydrogen (secondary N) is 4. The highest BCUT2D eigenvalue weighted by molar-refractivity contribution is 6.33. The number of urea groups is 1. The maximum absolute atomic E-state index is 14.8. The Balaban J connectivity index is 0.611. The van der Waals surface area contributed by atoms with Gasteiger partial charge in [-0.2, -0.15) is 15.2 Å². The van der Waals surface area contributed by atoms with Gasteiger partial charge < -0.3 is 69.1 Å². The molecular formula is C60H76ClF2N15O10. The van der Waals surface area contributed by atoms with Crippen LogP contribution in [0, 0.1) is 5.92 Å². The number of likely N-dealkylation sites (N-methyl/N-ethyl adjacent to an activating group) is 1. The van der Waals surface area contributed by atoms with Crippen LogP contribution in [0.3, 0.4) is 0 Å². The van der Waals surface area contributed by atoms with E-state index >= 15 is 0 Å². The molecule has 4 aliphatic rings. The zero-order valence-corrected chi connectivity index (χ0v) is 51.0. The molecule has 4 N–H and O–H groups in total. The van der Waals surface area contributed by atoms with E-state index in [4.69, 9.17) is 45.4 Å². The molecule has 88 heavy (non-hydrogen) atoms. The number of aryl methyl sites for hydroxylation is 3. The summed E-state index contributed by atoms with van der Waals surface area (Å²) in [6, 6.07) is 8.37. The zero-order chi connectivity index (χ0) is 62.0. The number of ether oxygens (including phenoxy) is 5. The van der Waals surface area contributed by atoms with Gasteiger partial charge in [-0.25, -0.2) is 18.6 Å². The summed E-state index contributed by atoms with van der Waals surface area (Å²) in [5.41, 5.74) is 5.32. The summed E-state index contributed by atoms with van der Waals surface area (Å²) in [5.74, 6) is 1.30. The first-order chi connectivity index (χ1) is 42.6. The number of piperidine rings is 2. The SMILES string of the molecule is CNC(=O)COc1cc2cc(Nc3nc(N4CCC(C(=O)NCCOCCOCCOCCC(=O)N5CCC(n6nc(N7CCCc8cc(-c9cnn(C)c9)c(C(F)F)cc87)c7c6CCN(C(=O)NC)C7)CC5)CC4)ncc3Cl)cc(OC)c2n(C)c1=O. The summed E-state index contributed by atoms with van der Waals surface area (Å²) in [5, 5.41) is 21.8. The molecule has 2 saturated heterocycles. The van der Waals surface area contributed by atoms with E-state index in [2.05, 4.69) is 40.9 Å². The van der Waals surface area contributed by atoms with Crippen molar-refractivity contribution in [3.05, 3.63) is 86.7 Å². The monoisotopic (exact) mass is 1240 g/mol. The number of pyridine rings is 1. The van der Waals surface area contributed by atoms with Crippen LogP contribution in [0.1, 0.15) is 73.4 Å². The Labute approximate surface area is 512 Å². The lowest BCUT2D eigenvalue weighted by Crippen LogP contribution is -2.42.